The Morgan fingerprint density at radius 2 is 1.71 bits per heavy atom. The van der Waals surface area contributed by atoms with Gasteiger partial charge in [0.15, 0.2) is 0 Å². The lowest BCUT2D eigenvalue weighted by Crippen LogP contribution is -2.17. The van der Waals surface area contributed by atoms with Gasteiger partial charge in [-0.2, -0.15) is 0 Å². The molecule has 0 aromatic heterocycles. The lowest BCUT2D eigenvalue weighted by molar-refractivity contribution is 0.0810. The van der Waals surface area contributed by atoms with Crippen molar-refractivity contribution in [3.63, 3.8) is 0 Å². The molecule has 0 aliphatic carbocycles. The Bertz CT molecular complexity index is 507. The van der Waals surface area contributed by atoms with Crippen molar-refractivity contribution in [1.82, 2.24) is 5.32 Å². The van der Waals surface area contributed by atoms with Crippen LogP contribution in [0.2, 0.25) is 0 Å². The molecule has 17 heavy (non-hydrogen) atoms. The molecule has 0 aliphatic rings. The summed E-state index contributed by atoms with van der Waals surface area (Å²) in [6, 6.07) is 12.3. The largest absolute Gasteiger partial charge is 0.497 e. The third kappa shape index (κ3) is 2.40. The van der Waals surface area contributed by atoms with Crippen LogP contribution in [0.15, 0.2) is 36.4 Å². The normalized spacial score (nSPS) is 12.6. The highest BCUT2D eigenvalue weighted by Gasteiger charge is 2.07. The smallest absolute Gasteiger partial charge is 0.133 e. The SMILES string of the molecule is CNC(OC)c1ccc2cc(OC)ccc2c1. The van der Waals surface area contributed by atoms with Crippen molar-refractivity contribution in [3.05, 3.63) is 42.0 Å². The highest BCUT2D eigenvalue weighted by Crippen LogP contribution is 2.24. The molecule has 1 atom stereocenters. The minimum Gasteiger partial charge on any atom is -0.497 e. The summed E-state index contributed by atoms with van der Waals surface area (Å²) in [6.07, 6.45) is -0.0681. The first-order valence-corrected chi connectivity index (χ1v) is 5.56. The molecule has 0 heterocycles. The molecular formula is C14H17NO2. The van der Waals surface area contributed by atoms with E-state index in [4.69, 9.17) is 9.47 Å². The molecule has 2 rings (SSSR count). The minimum absolute atomic E-state index is 0.0681. The van der Waals surface area contributed by atoms with Crippen LogP contribution in [-0.2, 0) is 4.74 Å². The second kappa shape index (κ2) is 5.17. The standard InChI is InChI=1S/C14H17NO2/c1-15-14(17-3)12-5-4-11-9-13(16-2)7-6-10(11)8-12/h4-9,14-15H,1-3H3. The van der Waals surface area contributed by atoms with E-state index in [-0.39, 0.29) is 6.23 Å². The molecule has 0 fully saturated rings. The van der Waals surface area contributed by atoms with Crippen LogP contribution < -0.4 is 10.1 Å². The Morgan fingerprint density at radius 3 is 2.35 bits per heavy atom. The monoisotopic (exact) mass is 231 g/mol. The fourth-order valence-electron chi connectivity index (χ4n) is 1.95. The Balaban J connectivity index is 2.44. The molecular weight excluding hydrogens is 214 g/mol. The van der Waals surface area contributed by atoms with E-state index in [1.165, 1.54) is 10.8 Å². The second-order valence-electron chi connectivity index (χ2n) is 3.88. The third-order valence-electron chi connectivity index (χ3n) is 2.87. The Labute approximate surface area is 101 Å². The molecule has 90 valence electrons. The van der Waals surface area contributed by atoms with Gasteiger partial charge < -0.3 is 9.47 Å². The number of fused-ring (bicyclic) bond motifs is 1. The zero-order chi connectivity index (χ0) is 12.3. The first kappa shape index (κ1) is 11.9. The molecule has 0 amide bonds. The van der Waals surface area contributed by atoms with Crippen molar-refractivity contribution in [2.24, 2.45) is 0 Å². The van der Waals surface area contributed by atoms with Gasteiger partial charge in [-0.3, -0.25) is 5.32 Å². The van der Waals surface area contributed by atoms with E-state index < -0.39 is 0 Å². The van der Waals surface area contributed by atoms with Crippen molar-refractivity contribution in [2.45, 2.75) is 6.23 Å². The number of rotatable bonds is 4. The summed E-state index contributed by atoms with van der Waals surface area (Å²) in [4.78, 5) is 0. The summed E-state index contributed by atoms with van der Waals surface area (Å²) < 4.78 is 10.5. The number of nitrogens with one attached hydrogen (secondary N) is 1. The Kier molecular flexibility index (Phi) is 3.61. The van der Waals surface area contributed by atoms with Crippen molar-refractivity contribution in [2.75, 3.05) is 21.3 Å². The molecule has 2 aromatic rings. The van der Waals surface area contributed by atoms with E-state index in [2.05, 4.69) is 29.6 Å². The van der Waals surface area contributed by atoms with Gasteiger partial charge in [-0.05, 0) is 41.6 Å². The molecule has 1 N–H and O–H groups in total. The maximum absolute atomic E-state index is 5.34. The summed E-state index contributed by atoms with van der Waals surface area (Å²) in [7, 11) is 5.25. The van der Waals surface area contributed by atoms with Crippen molar-refractivity contribution < 1.29 is 9.47 Å². The molecule has 0 spiro atoms. The second-order valence-corrected chi connectivity index (χ2v) is 3.88. The lowest BCUT2D eigenvalue weighted by Gasteiger charge is -2.15. The van der Waals surface area contributed by atoms with Gasteiger partial charge in [0, 0.05) is 7.11 Å². The first-order valence-electron chi connectivity index (χ1n) is 5.56. The first-order chi connectivity index (χ1) is 8.28. The number of benzene rings is 2. The molecule has 3 heteroatoms. The lowest BCUT2D eigenvalue weighted by atomic mass is 10.1. The van der Waals surface area contributed by atoms with E-state index >= 15 is 0 Å². The van der Waals surface area contributed by atoms with Gasteiger partial charge in [0.25, 0.3) is 0 Å². The zero-order valence-electron chi connectivity index (χ0n) is 10.4. The molecule has 0 saturated heterocycles. The molecule has 0 aliphatic heterocycles. The van der Waals surface area contributed by atoms with Gasteiger partial charge in [0.1, 0.15) is 12.0 Å². The van der Waals surface area contributed by atoms with E-state index in [0.717, 1.165) is 11.3 Å². The molecule has 0 bridgehead atoms. The highest BCUT2D eigenvalue weighted by atomic mass is 16.5. The fraction of sp³-hybridized carbons (Fsp3) is 0.286. The fourth-order valence-corrected chi connectivity index (χ4v) is 1.95. The van der Waals surface area contributed by atoms with Crippen molar-refractivity contribution in [1.29, 1.82) is 0 Å². The summed E-state index contributed by atoms with van der Waals surface area (Å²) in [5.41, 5.74) is 1.12. The van der Waals surface area contributed by atoms with Gasteiger partial charge in [0.2, 0.25) is 0 Å². The summed E-state index contributed by atoms with van der Waals surface area (Å²) in [5.74, 6) is 0.877. The van der Waals surface area contributed by atoms with E-state index in [1.54, 1.807) is 14.2 Å². The van der Waals surface area contributed by atoms with Crippen LogP contribution >= 0.6 is 0 Å². The number of ether oxygens (including phenoxy) is 2. The molecule has 2 aromatic carbocycles. The van der Waals surface area contributed by atoms with Crippen molar-refractivity contribution >= 4 is 10.8 Å². The number of hydrogen-bond donors (Lipinski definition) is 1. The Morgan fingerprint density at radius 1 is 1.00 bits per heavy atom. The Hall–Kier alpha value is -1.58. The van der Waals surface area contributed by atoms with Crippen LogP contribution in [0.1, 0.15) is 11.8 Å². The quantitative estimate of drug-likeness (QED) is 0.821. The van der Waals surface area contributed by atoms with Crippen LogP contribution in [0, 0.1) is 0 Å². The zero-order valence-corrected chi connectivity index (χ0v) is 10.4. The minimum atomic E-state index is -0.0681. The average Bonchev–Trinajstić information content (AvgIpc) is 2.39. The summed E-state index contributed by atoms with van der Waals surface area (Å²) in [6.45, 7) is 0. The maximum atomic E-state index is 5.34. The van der Waals surface area contributed by atoms with Crippen LogP contribution in [0.25, 0.3) is 10.8 Å². The van der Waals surface area contributed by atoms with Crippen LogP contribution in [0.5, 0.6) is 5.75 Å². The summed E-state index contributed by atoms with van der Waals surface area (Å²) in [5, 5.41) is 5.46. The van der Waals surface area contributed by atoms with Gasteiger partial charge in [-0.15, -0.1) is 0 Å². The van der Waals surface area contributed by atoms with Crippen LogP contribution in [0.3, 0.4) is 0 Å². The van der Waals surface area contributed by atoms with Gasteiger partial charge in [-0.1, -0.05) is 18.2 Å². The molecule has 0 radical (unpaired) electrons. The van der Waals surface area contributed by atoms with Gasteiger partial charge in [0.05, 0.1) is 7.11 Å². The summed E-state index contributed by atoms with van der Waals surface area (Å²) >= 11 is 0. The van der Waals surface area contributed by atoms with E-state index in [0.29, 0.717) is 0 Å². The van der Waals surface area contributed by atoms with E-state index in [9.17, 15) is 0 Å². The molecule has 0 saturated carbocycles. The maximum Gasteiger partial charge on any atom is 0.133 e. The van der Waals surface area contributed by atoms with Crippen molar-refractivity contribution in [3.8, 4) is 5.75 Å². The number of methoxy groups -OCH3 is 2. The van der Waals surface area contributed by atoms with E-state index in [1.807, 2.05) is 19.2 Å². The molecule has 3 nitrogen and oxygen atoms in total. The van der Waals surface area contributed by atoms with Gasteiger partial charge >= 0.3 is 0 Å². The topological polar surface area (TPSA) is 30.5 Å². The molecule has 1 unspecified atom stereocenters. The number of hydrogen-bond acceptors (Lipinski definition) is 3. The third-order valence-corrected chi connectivity index (χ3v) is 2.87. The average molecular weight is 231 g/mol. The van der Waals surface area contributed by atoms with Crippen LogP contribution in [-0.4, -0.2) is 21.3 Å². The van der Waals surface area contributed by atoms with Gasteiger partial charge in [-0.25, -0.2) is 0 Å². The highest BCUT2D eigenvalue weighted by molar-refractivity contribution is 5.84. The predicted molar refractivity (Wildman–Crippen MR) is 69.3 cm³/mol. The van der Waals surface area contributed by atoms with Crippen LogP contribution in [0.4, 0.5) is 0 Å². The predicted octanol–water partition coefficient (Wildman–Crippen LogP) is 2.71.